The van der Waals surface area contributed by atoms with Gasteiger partial charge < -0.3 is 10.1 Å². The van der Waals surface area contributed by atoms with E-state index in [1.165, 1.54) is 0 Å². The van der Waals surface area contributed by atoms with Gasteiger partial charge in [0.1, 0.15) is 5.82 Å². The predicted molar refractivity (Wildman–Crippen MR) is 67.8 cm³/mol. The lowest BCUT2D eigenvalue weighted by Gasteiger charge is -2.36. The van der Waals surface area contributed by atoms with Crippen molar-refractivity contribution in [2.24, 2.45) is 0 Å². The van der Waals surface area contributed by atoms with E-state index < -0.39 is 0 Å². The van der Waals surface area contributed by atoms with Gasteiger partial charge in [0.25, 0.3) is 0 Å². The van der Waals surface area contributed by atoms with E-state index in [9.17, 15) is 4.39 Å². The number of aryl methyl sites for hydroxylation is 1. The van der Waals surface area contributed by atoms with Crippen LogP contribution in [-0.4, -0.2) is 18.2 Å². The number of nitrogens with one attached hydrogen (secondary N) is 1. The molecule has 0 spiro atoms. The zero-order valence-electron chi connectivity index (χ0n) is 10.7. The standard InChI is InChI=1S/C14H20FNO/c1-10-4-5-13(12(15)8-10)16-11-6-7-17-14(2,3)9-11/h4-5,8,11,16H,6-7,9H2,1-3H3. The molecule has 0 saturated carbocycles. The molecule has 1 N–H and O–H groups in total. The minimum Gasteiger partial charge on any atom is -0.380 e. The van der Waals surface area contributed by atoms with E-state index in [1.54, 1.807) is 6.07 Å². The van der Waals surface area contributed by atoms with Crippen molar-refractivity contribution in [2.45, 2.75) is 45.3 Å². The molecule has 1 atom stereocenters. The molecular weight excluding hydrogens is 217 g/mol. The van der Waals surface area contributed by atoms with Gasteiger partial charge >= 0.3 is 0 Å². The summed E-state index contributed by atoms with van der Waals surface area (Å²) in [7, 11) is 0. The van der Waals surface area contributed by atoms with E-state index in [4.69, 9.17) is 4.74 Å². The molecule has 94 valence electrons. The van der Waals surface area contributed by atoms with Gasteiger partial charge in [-0.3, -0.25) is 0 Å². The van der Waals surface area contributed by atoms with Crippen LogP contribution < -0.4 is 5.32 Å². The van der Waals surface area contributed by atoms with Crippen molar-refractivity contribution in [2.75, 3.05) is 11.9 Å². The fourth-order valence-corrected chi connectivity index (χ4v) is 2.31. The van der Waals surface area contributed by atoms with Gasteiger partial charge in [-0.1, -0.05) is 6.07 Å². The normalized spacial score (nSPS) is 23.4. The van der Waals surface area contributed by atoms with E-state index in [1.807, 2.05) is 19.1 Å². The second kappa shape index (κ2) is 4.65. The van der Waals surface area contributed by atoms with Gasteiger partial charge in [0.15, 0.2) is 0 Å². The van der Waals surface area contributed by atoms with E-state index in [2.05, 4.69) is 19.2 Å². The molecule has 17 heavy (non-hydrogen) atoms. The molecule has 2 nitrogen and oxygen atoms in total. The molecule has 1 aromatic carbocycles. The number of hydrogen-bond donors (Lipinski definition) is 1. The minimum atomic E-state index is -0.172. The molecule has 0 aromatic heterocycles. The number of benzene rings is 1. The second-order valence-corrected chi connectivity index (χ2v) is 5.43. The van der Waals surface area contributed by atoms with Crippen LogP contribution >= 0.6 is 0 Å². The topological polar surface area (TPSA) is 21.3 Å². The zero-order valence-corrected chi connectivity index (χ0v) is 10.7. The lowest BCUT2D eigenvalue weighted by molar-refractivity contribution is -0.0553. The van der Waals surface area contributed by atoms with Gasteiger partial charge in [0.05, 0.1) is 11.3 Å². The van der Waals surface area contributed by atoms with Gasteiger partial charge in [-0.15, -0.1) is 0 Å². The molecule has 1 unspecified atom stereocenters. The molecule has 0 aliphatic carbocycles. The monoisotopic (exact) mass is 237 g/mol. The lowest BCUT2D eigenvalue weighted by atomic mass is 9.94. The second-order valence-electron chi connectivity index (χ2n) is 5.43. The first-order valence-corrected chi connectivity index (χ1v) is 6.13. The molecule has 0 bridgehead atoms. The summed E-state index contributed by atoms with van der Waals surface area (Å²) >= 11 is 0. The van der Waals surface area contributed by atoms with Crippen LogP contribution in [0.25, 0.3) is 0 Å². The Morgan fingerprint density at radius 3 is 2.82 bits per heavy atom. The Balaban J connectivity index is 2.05. The molecule has 1 aromatic rings. The van der Waals surface area contributed by atoms with Crippen LogP contribution in [0.3, 0.4) is 0 Å². The van der Waals surface area contributed by atoms with Crippen LogP contribution in [0.5, 0.6) is 0 Å². The van der Waals surface area contributed by atoms with Crippen LogP contribution in [-0.2, 0) is 4.74 Å². The highest BCUT2D eigenvalue weighted by molar-refractivity contribution is 5.47. The Hall–Kier alpha value is -1.09. The van der Waals surface area contributed by atoms with E-state index in [0.29, 0.717) is 5.69 Å². The average Bonchev–Trinajstić information content (AvgIpc) is 2.21. The third kappa shape index (κ3) is 3.19. The summed E-state index contributed by atoms with van der Waals surface area (Å²) < 4.78 is 19.4. The highest BCUT2D eigenvalue weighted by Gasteiger charge is 2.28. The van der Waals surface area contributed by atoms with E-state index in [0.717, 1.165) is 25.0 Å². The van der Waals surface area contributed by atoms with Gasteiger partial charge in [-0.2, -0.15) is 0 Å². The maximum atomic E-state index is 13.7. The van der Waals surface area contributed by atoms with Crippen molar-refractivity contribution in [1.29, 1.82) is 0 Å². The quantitative estimate of drug-likeness (QED) is 0.850. The fraction of sp³-hybridized carbons (Fsp3) is 0.571. The largest absolute Gasteiger partial charge is 0.380 e. The number of rotatable bonds is 2. The van der Waals surface area contributed by atoms with Crippen molar-refractivity contribution in [3.63, 3.8) is 0 Å². The Bertz CT molecular complexity index is 403. The first kappa shape index (κ1) is 12.4. The van der Waals surface area contributed by atoms with Crippen molar-refractivity contribution in [1.82, 2.24) is 0 Å². The molecule has 0 radical (unpaired) electrons. The number of ether oxygens (including phenoxy) is 1. The van der Waals surface area contributed by atoms with Crippen LogP contribution in [0.1, 0.15) is 32.3 Å². The smallest absolute Gasteiger partial charge is 0.146 e. The molecule has 2 rings (SSSR count). The van der Waals surface area contributed by atoms with Crippen LogP contribution in [0.2, 0.25) is 0 Å². The molecule has 1 aliphatic rings. The summed E-state index contributed by atoms with van der Waals surface area (Å²) in [6.07, 6.45) is 1.83. The Kier molecular flexibility index (Phi) is 3.38. The van der Waals surface area contributed by atoms with Crippen molar-refractivity contribution < 1.29 is 9.13 Å². The Morgan fingerprint density at radius 1 is 1.41 bits per heavy atom. The number of halogens is 1. The summed E-state index contributed by atoms with van der Waals surface area (Å²) in [6, 6.07) is 5.59. The van der Waals surface area contributed by atoms with E-state index >= 15 is 0 Å². The predicted octanol–water partition coefficient (Wildman–Crippen LogP) is 3.50. The minimum absolute atomic E-state index is 0.114. The number of anilines is 1. The van der Waals surface area contributed by atoms with Crippen LogP contribution in [0.4, 0.5) is 10.1 Å². The van der Waals surface area contributed by atoms with Crippen LogP contribution in [0.15, 0.2) is 18.2 Å². The van der Waals surface area contributed by atoms with Crippen LogP contribution in [0, 0.1) is 12.7 Å². The molecule has 1 saturated heterocycles. The summed E-state index contributed by atoms with van der Waals surface area (Å²) in [4.78, 5) is 0. The first-order valence-electron chi connectivity index (χ1n) is 6.13. The SMILES string of the molecule is Cc1ccc(NC2CCOC(C)(C)C2)c(F)c1. The molecule has 0 amide bonds. The molecule has 1 fully saturated rings. The van der Waals surface area contributed by atoms with Gasteiger partial charge in [-0.05, 0) is 51.3 Å². The summed E-state index contributed by atoms with van der Waals surface area (Å²) in [6.45, 7) is 6.78. The Labute approximate surface area is 102 Å². The maximum Gasteiger partial charge on any atom is 0.146 e. The van der Waals surface area contributed by atoms with Gasteiger partial charge in [0, 0.05) is 12.6 Å². The lowest BCUT2D eigenvalue weighted by Crippen LogP contribution is -2.40. The zero-order chi connectivity index (χ0) is 12.5. The molecule has 1 aliphatic heterocycles. The van der Waals surface area contributed by atoms with Crippen molar-refractivity contribution in [3.8, 4) is 0 Å². The third-order valence-electron chi connectivity index (χ3n) is 3.18. The van der Waals surface area contributed by atoms with E-state index in [-0.39, 0.29) is 17.5 Å². The third-order valence-corrected chi connectivity index (χ3v) is 3.18. The average molecular weight is 237 g/mol. The molecular formula is C14H20FNO. The highest BCUT2D eigenvalue weighted by atomic mass is 19.1. The molecule has 1 heterocycles. The molecule has 3 heteroatoms. The van der Waals surface area contributed by atoms with Crippen molar-refractivity contribution in [3.05, 3.63) is 29.6 Å². The summed E-state index contributed by atoms with van der Waals surface area (Å²) in [5.74, 6) is -0.172. The maximum absolute atomic E-state index is 13.7. The highest BCUT2D eigenvalue weighted by Crippen LogP contribution is 2.27. The summed E-state index contributed by atoms with van der Waals surface area (Å²) in [5.41, 5.74) is 1.43. The fourth-order valence-electron chi connectivity index (χ4n) is 2.31. The van der Waals surface area contributed by atoms with Gasteiger partial charge in [-0.25, -0.2) is 4.39 Å². The summed E-state index contributed by atoms with van der Waals surface area (Å²) in [5, 5.41) is 3.28. The van der Waals surface area contributed by atoms with Gasteiger partial charge in [0.2, 0.25) is 0 Å². The Morgan fingerprint density at radius 2 is 2.18 bits per heavy atom. The number of hydrogen-bond acceptors (Lipinski definition) is 2. The van der Waals surface area contributed by atoms with Crippen molar-refractivity contribution >= 4 is 5.69 Å². The first-order chi connectivity index (χ1) is 7.96.